The highest BCUT2D eigenvalue weighted by atomic mass is 35.5. The summed E-state index contributed by atoms with van der Waals surface area (Å²) >= 11 is 5.80. The molecule has 1 fully saturated rings. The normalized spacial score (nSPS) is 19.2. The fourth-order valence-electron chi connectivity index (χ4n) is 2.69. The summed E-state index contributed by atoms with van der Waals surface area (Å²) in [6.45, 7) is 0.109. The molecule has 0 radical (unpaired) electrons. The molecule has 0 aliphatic heterocycles. The largest absolute Gasteiger partial charge is 0.478 e. The number of carboxylic acids is 1. The number of nitrogens with zero attached hydrogens (tertiary/aromatic N) is 3. The molecular formula is C16H13ClF3N3O4. The number of carbonyl (C=O) groups is 2. The van der Waals surface area contributed by atoms with Crippen LogP contribution >= 0.6 is 11.6 Å². The van der Waals surface area contributed by atoms with Gasteiger partial charge in [0, 0.05) is 18.2 Å². The molecule has 0 spiro atoms. The van der Waals surface area contributed by atoms with Gasteiger partial charge in [-0.3, -0.25) is 4.79 Å². The first-order valence-electron chi connectivity index (χ1n) is 7.87. The van der Waals surface area contributed by atoms with E-state index in [1.54, 1.807) is 0 Å². The van der Waals surface area contributed by atoms with Crippen molar-refractivity contribution < 1.29 is 32.6 Å². The quantitative estimate of drug-likeness (QED) is 0.563. The van der Waals surface area contributed by atoms with E-state index < -0.39 is 29.8 Å². The third kappa shape index (κ3) is 4.21. The van der Waals surface area contributed by atoms with Crippen LogP contribution in [0.15, 0.2) is 24.4 Å². The lowest BCUT2D eigenvalue weighted by atomic mass is 10.2. The molecule has 2 aromatic heterocycles. The number of rotatable bonds is 7. The number of ketones is 1. The van der Waals surface area contributed by atoms with E-state index in [2.05, 4.69) is 10.1 Å². The number of carboxylic acid groups (broad SMARTS) is 1. The van der Waals surface area contributed by atoms with Crippen molar-refractivity contribution in [1.82, 2.24) is 14.8 Å². The van der Waals surface area contributed by atoms with Gasteiger partial charge in [-0.25, -0.2) is 14.5 Å². The van der Waals surface area contributed by atoms with Gasteiger partial charge in [-0.15, -0.1) is 5.10 Å². The first kappa shape index (κ1) is 19.2. The lowest BCUT2D eigenvalue weighted by Crippen LogP contribution is -2.13. The summed E-state index contributed by atoms with van der Waals surface area (Å²) in [4.78, 5) is 26.0. The minimum Gasteiger partial charge on any atom is -0.478 e. The van der Waals surface area contributed by atoms with E-state index in [4.69, 9.17) is 21.4 Å². The number of hydrogen-bond acceptors (Lipinski definition) is 5. The van der Waals surface area contributed by atoms with Crippen molar-refractivity contribution >= 4 is 23.4 Å². The Hall–Kier alpha value is -2.62. The number of aromatic nitrogens is 3. The van der Waals surface area contributed by atoms with Crippen molar-refractivity contribution in [3.8, 4) is 11.7 Å². The maximum Gasteiger partial charge on any atom is 0.399 e. The van der Waals surface area contributed by atoms with Gasteiger partial charge in [0.05, 0.1) is 12.2 Å². The van der Waals surface area contributed by atoms with E-state index in [9.17, 15) is 22.8 Å². The number of aromatic carboxylic acids is 1. The highest BCUT2D eigenvalue weighted by Crippen LogP contribution is 2.48. The third-order valence-corrected chi connectivity index (χ3v) is 4.38. The molecule has 2 atom stereocenters. The topological polar surface area (TPSA) is 94.3 Å². The van der Waals surface area contributed by atoms with Gasteiger partial charge >= 0.3 is 12.1 Å². The zero-order chi connectivity index (χ0) is 19.8. The van der Waals surface area contributed by atoms with Crippen LogP contribution in [0.3, 0.4) is 0 Å². The van der Waals surface area contributed by atoms with Gasteiger partial charge in [-0.05, 0) is 25.0 Å². The Morgan fingerprint density at radius 3 is 2.67 bits per heavy atom. The number of alkyl halides is 3. The molecule has 27 heavy (non-hydrogen) atoms. The fraction of sp³-hybridized carbons (Fsp3) is 0.375. The van der Waals surface area contributed by atoms with Crippen LogP contribution in [0.1, 0.15) is 23.2 Å². The molecule has 7 nitrogen and oxygen atoms in total. The molecule has 1 saturated carbocycles. The van der Waals surface area contributed by atoms with Gasteiger partial charge < -0.3 is 9.84 Å². The predicted molar refractivity (Wildman–Crippen MR) is 86.1 cm³/mol. The zero-order valence-electron chi connectivity index (χ0n) is 13.6. The minimum atomic E-state index is -4.47. The van der Waals surface area contributed by atoms with Crippen LogP contribution in [0.4, 0.5) is 13.2 Å². The Morgan fingerprint density at radius 1 is 1.33 bits per heavy atom. The second-order valence-electron chi connectivity index (χ2n) is 5.93. The lowest BCUT2D eigenvalue weighted by molar-refractivity contribution is -0.155. The monoisotopic (exact) mass is 403 g/mol. The maximum atomic E-state index is 12.5. The van der Waals surface area contributed by atoms with Gasteiger partial charge in [0.2, 0.25) is 5.88 Å². The van der Waals surface area contributed by atoms with E-state index in [1.165, 1.54) is 29.1 Å². The smallest absolute Gasteiger partial charge is 0.399 e. The summed E-state index contributed by atoms with van der Waals surface area (Å²) in [5.74, 6) is -4.28. The average molecular weight is 404 g/mol. The zero-order valence-corrected chi connectivity index (χ0v) is 14.4. The summed E-state index contributed by atoms with van der Waals surface area (Å²) in [7, 11) is 0. The van der Waals surface area contributed by atoms with E-state index in [0.717, 1.165) is 0 Å². The molecule has 2 heterocycles. The molecule has 1 aliphatic rings. The summed E-state index contributed by atoms with van der Waals surface area (Å²) in [6, 6.07) is 4.22. The van der Waals surface area contributed by atoms with Gasteiger partial charge in [0.25, 0.3) is 0 Å². The molecule has 0 aromatic carbocycles. The third-order valence-electron chi connectivity index (χ3n) is 4.09. The highest BCUT2D eigenvalue weighted by molar-refractivity contribution is 6.32. The van der Waals surface area contributed by atoms with E-state index in [0.29, 0.717) is 0 Å². The molecule has 2 aromatic rings. The van der Waals surface area contributed by atoms with Crippen molar-refractivity contribution in [2.24, 2.45) is 11.8 Å². The Morgan fingerprint density at radius 2 is 2.07 bits per heavy atom. The number of Topliss-reactive ketones (excluding diaryl/α,β-unsaturated/α-hetero) is 1. The Labute approximate surface area is 155 Å². The van der Waals surface area contributed by atoms with Crippen LogP contribution in [0.5, 0.6) is 5.88 Å². The average Bonchev–Trinajstić information content (AvgIpc) is 3.02. The summed E-state index contributed by atoms with van der Waals surface area (Å²) in [6.07, 6.45) is -2.56. The molecule has 1 aliphatic carbocycles. The van der Waals surface area contributed by atoms with Gasteiger partial charge in [0.1, 0.15) is 16.9 Å². The summed E-state index contributed by atoms with van der Waals surface area (Å²) in [5.41, 5.74) is -0.143. The van der Waals surface area contributed by atoms with E-state index in [-0.39, 0.29) is 41.9 Å². The Kier molecular flexibility index (Phi) is 5.09. The minimum absolute atomic E-state index is 0.109. The molecule has 0 bridgehead atoms. The van der Waals surface area contributed by atoms with Crippen molar-refractivity contribution in [3.63, 3.8) is 0 Å². The van der Waals surface area contributed by atoms with Crippen LogP contribution in [-0.4, -0.2) is 44.4 Å². The van der Waals surface area contributed by atoms with Crippen LogP contribution in [0, 0.1) is 11.8 Å². The molecule has 11 heteroatoms. The van der Waals surface area contributed by atoms with E-state index in [1.807, 2.05) is 0 Å². The summed E-state index contributed by atoms with van der Waals surface area (Å²) < 4.78 is 44.1. The van der Waals surface area contributed by atoms with Crippen molar-refractivity contribution in [2.75, 3.05) is 6.61 Å². The standard InChI is InChI=1S/C16H13ClF3N3O4/c17-14-9(15(25)26)3-4-10(21-14)23-6-5-11(22-23)27-7-1-2-8-12(13(8)24)16(18,19)20/h3-6,8,12H,1-2,7H2,(H,25,26). The number of hydrogen-bond donors (Lipinski definition) is 1. The summed E-state index contributed by atoms with van der Waals surface area (Å²) in [5, 5.41) is 12.8. The van der Waals surface area contributed by atoms with Gasteiger partial charge in [-0.2, -0.15) is 13.2 Å². The molecule has 3 rings (SSSR count). The molecule has 0 saturated heterocycles. The first-order valence-corrected chi connectivity index (χ1v) is 8.25. The van der Waals surface area contributed by atoms with Crippen molar-refractivity contribution in [3.05, 3.63) is 35.1 Å². The second-order valence-corrected chi connectivity index (χ2v) is 6.29. The number of carbonyl (C=O) groups excluding carboxylic acids is 1. The van der Waals surface area contributed by atoms with Crippen molar-refractivity contribution in [2.45, 2.75) is 19.0 Å². The van der Waals surface area contributed by atoms with Crippen LogP contribution < -0.4 is 4.74 Å². The fourth-order valence-corrected chi connectivity index (χ4v) is 2.92. The number of pyridine rings is 1. The van der Waals surface area contributed by atoms with Crippen LogP contribution in [-0.2, 0) is 4.79 Å². The maximum absolute atomic E-state index is 12.5. The van der Waals surface area contributed by atoms with Crippen LogP contribution in [0.2, 0.25) is 5.15 Å². The lowest BCUT2D eigenvalue weighted by Gasteiger charge is -2.05. The second kappa shape index (κ2) is 7.18. The Bertz CT molecular complexity index is 884. The number of ether oxygens (including phenoxy) is 1. The first-order chi connectivity index (χ1) is 12.7. The SMILES string of the molecule is O=C(O)c1ccc(-n2ccc(OCCCC3C(=O)C3C(F)(F)F)n2)nc1Cl. The molecule has 1 N–H and O–H groups in total. The molecule has 0 amide bonds. The molecule has 144 valence electrons. The number of halogens is 4. The Balaban J connectivity index is 1.51. The van der Waals surface area contributed by atoms with Gasteiger partial charge in [0.15, 0.2) is 5.82 Å². The molecule has 2 unspecified atom stereocenters. The van der Waals surface area contributed by atoms with E-state index >= 15 is 0 Å². The predicted octanol–water partition coefficient (Wildman–Crippen LogP) is 3.16. The highest BCUT2D eigenvalue weighted by Gasteiger charge is 2.63. The molecular weight excluding hydrogens is 391 g/mol. The van der Waals surface area contributed by atoms with Crippen LogP contribution in [0.25, 0.3) is 5.82 Å². The van der Waals surface area contributed by atoms with Gasteiger partial charge in [-0.1, -0.05) is 11.6 Å². The van der Waals surface area contributed by atoms with Crippen molar-refractivity contribution in [1.29, 1.82) is 0 Å².